The second-order valence-electron chi connectivity index (χ2n) is 7.91. The summed E-state index contributed by atoms with van der Waals surface area (Å²) < 4.78 is 0.930. The minimum absolute atomic E-state index is 0.313. The molecular formula is C23H18BrN3O2. The highest BCUT2D eigenvalue weighted by Crippen LogP contribution is 2.41. The summed E-state index contributed by atoms with van der Waals surface area (Å²) in [6, 6.07) is 10.1. The number of carbonyl (C=O) groups excluding carboxylic acids is 2. The molecule has 0 bridgehead atoms. The van der Waals surface area contributed by atoms with Crippen LogP contribution in [0.3, 0.4) is 0 Å². The van der Waals surface area contributed by atoms with Crippen molar-refractivity contribution in [1.29, 1.82) is 0 Å². The zero-order valence-electron chi connectivity index (χ0n) is 15.6. The molecule has 0 atom stereocenters. The van der Waals surface area contributed by atoms with Gasteiger partial charge in [0.2, 0.25) is 0 Å². The Morgan fingerprint density at radius 2 is 1.72 bits per heavy atom. The molecule has 6 rings (SSSR count). The van der Waals surface area contributed by atoms with Gasteiger partial charge in [-0.05, 0) is 66.3 Å². The Balaban J connectivity index is 1.60. The van der Waals surface area contributed by atoms with E-state index in [2.05, 4.69) is 43.3 Å². The molecule has 4 heterocycles. The topological polar surface area (TPSA) is 65.2 Å². The summed E-state index contributed by atoms with van der Waals surface area (Å²) in [4.78, 5) is 31.4. The molecule has 1 aromatic heterocycles. The molecule has 0 spiro atoms. The third-order valence-corrected chi connectivity index (χ3v) is 6.74. The molecule has 2 aromatic carbocycles. The minimum Gasteiger partial charge on any atom is -0.371 e. The van der Waals surface area contributed by atoms with Crippen LogP contribution in [0.2, 0.25) is 0 Å². The minimum atomic E-state index is -0.332. The standard InChI is InChI=1S/C23H18BrN3O2/c24-15-3-4-18-16(10-15)17(11-25-18)20-19(22(28)26-23(20)29)14-8-12-2-1-6-27-7-5-13(9-14)21(12)27/h3-4,8-11,25H,1-2,5-7H2,(H,26,28,29). The lowest BCUT2D eigenvalue weighted by Gasteiger charge is -2.27. The number of aromatic nitrogens is 1. The second kappa shape index (κ2) is 6.07. The summed E-state index contributed by atoms with van der Waals surface area (Å²) in [6.07, 6.45) is 4.96. The van der Waals surface area contributed by atoms with Crippen LogP contribution in [0.25, 0.3) is 22.0 Å². The number of anilines is 1. The van der Waals surface area contributed by atoms with Crippen LogP contribution in [0.1, 0.15) is 28.7 Å². The van der Waals surface area contributed by atoms with E-state index in [-0.39, 0.29) is 11.8 Å². The van der Waals surface area contributed by atoms with Crippen molar-refractivity contribution in [2.45, 2.75) is 19.3 Å². The number of nitrogens with one attached hydrogen (secondary N) is 2. The van der Waals surface area contributed by atoms with Gasteiger partial charge in [-0.25, -0.2) is 0 Å². The molecule has 144 valence electrons. The van der Waals surface area contributed by atoms with Crippen LogP contribution in [0, 0.1) is 0 Å². The number of H-pyrrole nitrogens is 1. The van der Waals surface area contributed by atoms with Gasteiger partial charge < -0.3 is 9.88 Å². The Hall–Kier alpha value is -2.86. The fourth-order valence-corrected chi connectivity index (χ4v) is 5.39. The van der Waals surface area contributed by atoms with Crippen LogP contribution in [-0.4, -0.2) is 29.9 Å². The van der Waals surface area contributed by atoms with Gasteiger partial charge in [-0.3, -0.25) is 14.9 Å². The molecule has 0 fully saturated rings. The first-order valence-electron chi connectivity index (χ1n) is 9.88. The third kappa shape index (κ3) is 2.45. The van der Waals surface area contributed by atoms with E-state index in [9.17, 15) is 9.59 Å². The number of fused-ring (bicyclic) bond motifs is 1. The average molecular weight is 448 g/mol. The van der Waals surface area contributed by atoms with Crippen LogP contribution < -0.4 is 10.2 Å². The fourth-order valence-electron chi connectivity index (χ4n) is 5.03. The Morgan fingerprint density at radius 1 is 0.931 bits per heavy atom. The van der Waals surface area contributed by atoms with E-state index < -0.39 is 0 Å². The summed E-state index contributed by atoms with van der Waals surface area (Å²) in [5, 5.41) is 3.44. The Kier molecular flexibility index (Phi) is 3.56. The van der Waals surface area contributed by atoms with E-state index in [0.29, 0.717) is 11.1 Å². The van der Waals surface area contributed by atoms with Crippen molar-refractivity contribution >= 4 is 55.5 Å². The number of carbonyl (C=O) groups is 2. The van der Waals surface area contributed by atoms with Crippen molar-refractivity contribution < 1.29 is 9.59 Å². The van der Waals surface area contributed by atoms with Crippen LogP contribution in [0.4, 0.5) is 5.69 Å². The summed E-state index contributed by atoms with van der Waals surface area (Å²) >= 11 is 3.51. The molecule has 0 saturated heterocycles. The largest absolute Gasteiger partial charge is 0.371 e. The SMILES string of the molecule is O=C1NC(=O)C(c2c[nH]c3ccc(Br)cc23)=C1c1cc2c3c(c1)CCN3CCC2. The van der Waals surface area contributed by atoms with Crippen LogP contribution in [0.5, 0.6) is 0 Å². The first-order valence-corrected chi connectivity index (χ1v) is 10.7. The Morgan fingerprint density at radius 3 is 2.59 bits per heavy atom. The zero-order chi connectivity index (χ0) is 19.7. The number of aromatic amines is 1. The zero-order valence-corrected chi connectivity index (χ0v) is 17.2. The van der Waals surface area contributed by atoms with E-state index in [1.54, 1.807) is 0 Å². The number of aryl methyl sites for hydroxylation is 1. The first-order chi connectivity index (χ1) is 14.1. The van der Waals surface area contributed by atoms with Crippen molar-refractivity contribution in [3.05, 3.63) is 63.3 Å². The molecule has 3 aliphatic rings. The summed E-state index contributed by atoms with van der Waals surface area (Å²) in [5.74, 6) is -0.645. The van der Waals surface area contributed by atoms with E-state index in [1.807, 2.05) is 24.4 Å². The maximum atomic E-state index is 12.9. The molecule has 3 aromatic rings. The van der Waals surface area contributed by atoms with Crippen molar-refractivity contribution in [2.75, 3.05) is 18.0 Å². The number of hydrogen-bond acceptors (Lipinski definition) is 3. The number of imide groups is 1. The predicted octanol–water partition coefficient (Wildman–Crippen LogP) is 3.81. The molecule has 29 heavy (non-hydrogen) atoms. The molecule has 2 N–H and O–H groups in total. The van der Waals surface area contributed by atoms with E-state index >= 15 is 0 Å². The fraction of sp³-hybridized carbons (Fsp3) is 0.217. The van der Waals surface area contributed by atoms with Gasteiger partial charge in [0.25, 0.3) is 11.8 Å². The van der Waals surface area contributed by atoms with Crippen LogP contribution in [0.15, 0.2) is 41.0 Å². The molecule has 2 amide bonds. The molecule has 3 aliphatic heterocycles. The summed E-state index contributed by atoms with van der Waals surface area (Å²) in [7, 11) is 0. The van der Waals surface area contributed by atoms with Gasteiger partial charge in [-0.15, -0.1) is 0 Å². The van der Waals surface area contributed by atoms with Crippen LogP contribution >= 0.6 is 15.9 Å². The average Bonchev–Trinajstić information content (AvgIpc) is 3.38. The third-order valence-electron chi connectivity index (χ3n) is 6.24. The number of nitrogens with zero attached hydrogens (tertiary/aromatic N) is 1. The van der Waals surface area contributed by atoms with Gasteiger partial charge in [0.1, 0.15) is 0 Å². The van der Waals surface area contributed by atoms with Crippen LogP contribution in [-0.2, 0) is 22.4 Å². The normalized spacial score (nSPS) is 18.0. The molecule has 0 saturated carbocycles. The maximum absolute atomic E-state index is 12.9. The second-order valence-corrected chi connectivity index (χ2v) is 8.82. The Labute approximate surface area is 175 Å². The van der Waals surface area contributed by atoms with Crippen molar-refractivity contribution in [2.24, 2.45) is 0 Å². The highest BCUT2D eigenvalue weighted by molar-refractivity contribution is 9.10. The lowest BCUT2D eigenvalue weighted by molar-refractivity contribution is -0.122. The van der Waals surface area contributed by atoms with Gasteiger partial charge in [0.15, 0.2) is 0 Å². The van der Waals surface area contributed by atoms with E-state index in [4.69, 9.17) is 0 Å². The maximum Gasteiger partial charge on any atom is 0.259 e. The number of benzene rings is 2. The van der Waals surface area contributed by atoms with E-state index in [1.165, 1.54) is 16.8 Å². The van der Waals surface area contributed by atoms with Gasteiger partial charge in [-0.1, -0.05) is 15.9 Å². The highest BCUT2D eigenvalue weighted by Gasteiger charge is 2.35. The van der Waals surface area contributed by atoms with Crippen molar-refractivity contribution in [3.8, 4) is 0 Å². The lowest BCUT2D eigenvalue weighted by atomic mass is 9.90. The molecule has 6 heteroatoms. The van der Waals surface area contributed by atoms with Crippen molar-refractivity contribution in [3.63, 3.8) is 0 Å². The van der Waals surface area contributed by atoms with Gasteiger partial charge in [-0.2, -0.15) is 0 Å². The molecule has 0 aliphatic carbocycles. The number of amides is 2. The number of rotatable bonds is 2. The first kappa shape index (κ1) is 17.0. The quantitative estimate of drug-likeness (QED) is 0.587. The monoisotopic (exact) mass is 447 g/mol. The summed E-state index contributed by atoms with van der Waals surface area (Å²) in [5.41, 5.74) is 7.42. The predicted molar refractivity (Wildman–Crippen MR) is 117 cm³/mol. The number of halogens is 1. The van der Waals surface area contributed by atoms with Gasteiger partial charge in [0, 0.05) is 45.9 Å². The summed E-state index contributed by atoms with van der Waals surface area (Å²) in [6.45, 7) is 2.15. The lowest BCUT2D eigenvalue weighted by Crippen LogP contribution is -2.26. The van der Waals surface area contributed by atoms with Crippen molar-refractivity contribution in [1.82, 2.24) is 10.3 Å². The Bertz CT molecular complexity index is 1270. The van der Waals surface area contributed by atoms with Gasteiger partial charge in [0.05, 0.1) is 11.1 Å². The smallest absolute Gasteiger partial charge is 0.259 e. The molecule has 5 nitrogen and oxygen atoms in total. The highest BCUT2D eigenvalue weighted by atomic mass is 79.9. The number of hydrogen-bond donors (Lipinski definition) is 2. The van der Waals surface area contributed by atoms with E-state index in [0.717, 1.165) is 58.9 Å². The molecular weight excluding hydrogens is 430 g/mol. The molecule has 0 unspecified atom stereocenters. The molecule has 0 radical (unpaired) electrons. The van der Waals surface area contributed by atoms with Gasteiger partial charge >= 0.3 is 0 Å².